The highest BCUT2D eigenvalue weighted by molar-refractivity contribution is 7.18. The summed E-state index contributed by atoms with van der Waals surface area (Å²) in [4.78, 5) is 19.6. The molecule has 0 radical (unpaired) electrons. The molecule has 3 N–H and O–H groups in total. The molecule has 0 unspecified atom stereocenters. The van der Waals surface area contributed by atoms with Crippen molar-refractivity contribution in [3.63, 3.8) is 0 Å². The predicted molar refractivity (Wildman–Crippen MR) is 82.3 cm³/mol. The highest BCUT2D eigenvalue weighted by Crippen LogP contribution is 2.33. The first-order chi connectivity index (χ1) is 9.57. The van der Waals surface area contributed by atoms with E-state index in [4.69, 9.17) is 5.73 Å². The van der Waals surface area contributed by atoms with Crippen molar-refractivity contribution in [2.45, 2.75) is 51.0 Å². The summed E-state index contributed by atoms with van der Waals surface area (Å²) in [7, 11) is 0. The van der Waals surface area contributed by atoms with E-state index in [9.17, 15) is 4.79 Å². The molecule has 1 aromatic rings. The summed E-state index contributed by atoms with van der Waals surface area (Å²) < 4.78 is 0. The first-order valence-electron chi connectivity index (χ1n) is 7.41. The lowest BCUT2D eigenvalue weighted by Crippen LogP contribution is -2.43. The lowest BCUT2D eigenvalue weighted by atomic mass is 10.0. The molecule has 1 saturated carbocycles. The third-order valence-corrected chi connectivity index (χ3v) is 5.48. The third-order valence-electron chi connectivity index (χ3n) is 4.35. The largest absolute Gasteiger partial charge is 0.382 e. The number of carbonyl (C=O) groups is 1. The predicted octanol–water partition coefficient (Wildman–Crippen LogP) is 2.39. The Kier molecular flexibility index (Phi) is 3.58. The first-order valence-corrected chi connectivity index (χ1v) is 8.23. The smallest absolute Gasteiger partial charge is 0.265 e. The maximum absolute atomic E-state index is 12.4. The molecule has 1 saturated heterocycles. The standard InChI is InChI=1S/C14H22N4OS/c1-14(6-2-3-7-14)17-12(19)10-11(15)16-13(20-10)18-8-4-5-9-18/h2-9,15H2,1H3,(H,17,19). The molecule has 1 aromatic heterocycles. The summed E-state index contributed by atoms with van der Waals surface area (Å²) in [6, 6.07) is 0. The Bertz CT molecular complexity index is 501. The molecule has 1 aliphatic heterocycles. The fourth-order valence-corrected chi connectivity index (χ4v) is 4.07. The normalized spacial score (nSPS) is 21.4. The van der Waals surface area contributed by atoms with Crippen LogP contribution in [0.5, 0.6) is 0 Å². The van der Waals surface area contributed by atoms with Crippen molar-refractivity contribution in [1.82, 2.24) is 10.3 Å². The van der Waals surface area contributed by atoms with Gasteiger partial charge in [-0.25, -0.2) is 4.98 Å². The number of nitrogens with one attached hydrogen (secondary N) is 1. The maximum atomic E-state index is 12.4. The fourth-order valence-electron chi connectivity index (χ4n) is 3.14. The molecule has 1 aliphatic carbocycles. The molecular weight excluding hydrogens is 272 g/mol. The molecule has 2 fully saturated rings. The lowest BCUT2D eigenvalue weighted by Gasteiger charge is -2.24. The van der Waals surface area contributed by atoms with Crippen molar-refractivity contribution in [3.8, 4) is 0 Å². The van der Waals surface area contributed by atoms with E-state index in [-0.39, 0.29) is 11.4 Å². The topological polar surface area (TPSA) is 71.2 Å². The number of thiazole rings is 1. The zero-order chi connectivity index (χ0) is 14.2. The number of nitrogens with zero attached hydrogens (tertiary/aromatic N) is 2. The Morgan fingerprint density at radius 2 is 1.95 bits per heavy atom. The number of nitrogen functional groups attached to an aromatic ring is 1. The van der Waals surface area contributed by atoms with Crippen LogP contribution in [0.25, 0.3) is 0 Å². The summed E-state index contributed by atoms with van der Waals surface area (Å²) in [5.41, 5.74) is 5.87. The van der Waals surface area contributed by atoms with Crippen molar-refractivity contribution in [3.05, 3.63) is 4.88 Å². The van der Waals surface area contributed by atoms with E-state index >= 15 is 0 Å². The van der Waals surface area contributed by atoms with Gasteiger partial charge in [-0.2, -0.15) is 0 Å². The number of amides is 1. The minimum absolute atomic E-state index is 0.0603. The van der Waals surface area contributed by atoms with Crippen LogP contribution in [0, 0.1) is 0 Å². The molecule has 110 valence electrons. The van der Waals surface area contributed by atoms with Gasteiger partial charge in [-0.1, -0.05) is 24.2 Å². The van der Waals surface area contributed by atoms with Gasteiger partial charge in [-0.05, 0) is 32.6 Å². The number of anilines is 2. The molecule has 6 heteroatoms. The van der Waals surface area contributed by atoms with Gasteiger partial charge in [0, 0.05) is 18.6 Å². The van der Waals surface area contributed by atoms with Gasteiger partial charge < -0.3 is 16.0 Å². The molecule has 2 aliphatic rings. The lowest BCUT2D eigenvalue weighted by molar-refractivity contribution is 0.0913. The van der Waals surface area contributed by atoms with Crippen LogP contribution < -0.4 is 16.0 Å². The number of rotatable bonds is 3. The Balaban J connectivity index is 1.74. The summed E-state index contributed by atoms with van der Waals surface area (Å²) in [6.07, 6.45) is 6.87. The third kappa shape index (κ3) is 2.61. The highest BCUT2D eigenvalue weighted by Gasteiger charge is 2.32. The van der Waals surface area contributed by atoms with Gasteiger partial charge in [-0.15, -0.1) is 0 Å². The van der Waals surface area contributed by atoms with Crippen molar-refractivity contribution < 1.29 is 4.79 Å². The second-order valence-electron chi connectivity index (χ2n) is 6.13. The van der Waals surface area contributed by atoms with Crippen LogP contribution >= 0.6 is 11.3 Å². The van der Waals surface area contributed by atoms with Crippen LogP contribution in [-0.4, -0.2) is 29.5 Å². The maximum Gasteiger partial charge on any atom is 0.265 e. The molecule has 0 spiro atoms. The summed E-state index contributed by atoms with van der Waals surface area (Å²) in [5, 5.41) is 4.04. The van der Waals surface area contributed by atoms with Crippen LogP contribution in [-0.2, 0) is 0 Å². The number of nitrogens with two attached hydrogens (primary N) is 1. The average Bonchev–Trinajstić information content (AvgIpc) is 3.08. The van der Waals surface area contributed by atoms with Gasteiger partial charge in [0.2, 0.25) is 0 Å². The van der Waals surface area contributed by atoms with Gasteiger partial charge in [0.15, 0.2) is 5.13 Å². The Hall–Kier alpha value is -1.30. The van der Waals surface area contributed by atoms with Gasteiger partial charge in [0.25, 0.3) is 5.91 Å². The van der Waals surface area contributed by atoms with Gasteiger partial charge in [-0.3, -0.25) is 4.79 Å². The molecule has 0 bridgehead atoms. The Labute approximate surface area is 123 Å². The molecule has 0 atom stereocenters. The molecule has 2 heterocycles. The van der Waals surface area contributed by atoms with Crippen molar-refractivity contribution >= 4 is 28.2 Å². The van der Waals surface area contributed by atoms with E-state index in [2.05, 4.69) is 22.1 Å². The van der Waals surface area contributed by atoms with E-state index in [0.29, 0.717) is 10.7 Å². The van der Waals surface area contributed by atoms with Crippen LogP contribution in [0.15, 0.2) is 0 Å². The Morgan fingerprint density at radius 3 is 2.60 bits per heavy atom. The molecule has 0 aromatic carbocycles. The number of aromatic nitrogens is 1. The monoisotopic (exact) mass is 294 g/mol. The van der Waals surface area contributed by atoms with Gasteiger partial charge in [0.05, 0.1) is 0 Å². The number of carbonyl (C=O) groups excluding carboxylic acids is 1. The van der Waals surface area contributed by atoms with Crippen LogP contribution in [0.2, 0.25) is 0 Å². The van der Waals surface area contributed by atoms with Crippen molar-refractivity contribution in [1.29, 1.82) is 0 Å². The van der Waals surface area contributed by atoms with Crippen molar-refractivity contribution in [2.75, 3.05) is 23.7 Å². The molecule has 5 nitrogen and oxygen atoms in total. The minimum Gasteiger partial charge on any atom is -0.382 e. The molecule has 3 rings (SSSR count). The fraction of sp³-hybridized carbons (Fsp3) is 0.714. The number of hydrogen-bond acceptors (Lipinski definition) is 5. The average molecular weight is 294 g/mol. The molecular formula is C14H22N4OS. The molecule has 20 heavy (non-hydrogen) atoms. The quantitative estimate of drug-likeness (QED) is 0.898. The van der Waals surface area contributed by atoms with Crippen LogP contribution in [0.3, 0.4) is 0 Å². The second kappa shape index (κ2) is 5.24. The summed E-state index contributed by atoms with van der Waals surface area (Å²) >= 11 is 1.42. The van der Waals surface area contributed by atoms with E-state index in [1.165, 1.54) is 37.0 Å². The van der Waals surface area contributed by atoms with Gasteiger partial charge >= 0.3 is 0 Å². The second-order valence-corrected chi connectivity index (χ2v) is 7.10. The Morgan fingerprint density at radius 1 is 1.30 bits per heavy atom. The molecule has 1 amide bonds. The minimum atomic E-state index is -0.0681. The zero-order valence-electron chi connectivity index (χ0n) is 11.9. The van der Waals surface area contributed by atoms with Crippen LogP contribution in [0.1, 0.15) is 55.1 Å². The summed E-state index contributed by atoms with van der Waals surface area (Å²) in [5.74, 6) is 0.311. The van der Waals surface area contributed by atoms with Crippen LogP contribution in [0.4, 0.5) is 10.9 Å². The zero-order valence-corrected chi connectivity index (χ0v) is 12.8. The van der Waals surface area contributed by atoms with E-state index < -0.39 is 0 Å². The van der Waals surface area contributed by atoms with E-state index in [1.807, 2.05) is 0 Å². The van der Waals surface area contributed by atoms with Gasteiger partial charge in [0.1, 0.15) is 10.7 Å². The van der Waals surface area contributed by atoms with E-state index in [1.54, 1.807) is 0 Å². The number of hydrogen-bond donors (Lipinski definition) is 2. The van der Waals surface area contributed by atoms with E-state index in [0.717, 1.165) is 31.1 Å². The summed E-state index contributed by atoms with van der Waals surface area (Å²) in [6.45, 7) is 4.16. The highest BCUT2D eigenvalue weighted by atomic mass is 32.1. The van der Waals surface area contributed by atoms with Crippen molar-refractivity contribution in [2.24, 2.45) is 0 Å². The SMILES string of the molecule is CC1(NC(=O)c2sc(N3CCCC3)nc2N)CCCC1. The first kappa shape index (κ1) is 13.7.